The first kappa shape index (κ1) is 16.8. The molecule has 8 heteroatoms. The second-order valence-electron chi connectivity index (χ2n) is 4.80. The van der Waals surface area contributed by atoms with E-state index in [0.29, 0.717) is 11.1 Å². The summed E-state index contributed by atoms with van der Waals surface area (Å²) >= 11 is 0. The quantitative estimate of drug-likeness (QED) is 0.839. The van der Waals surface area contributed by atoms with Crippen molar-refractivity contribution in [1.29, 1.82) is 0 Å². The molecule has 0 saturated heterocycles. The zero-order valence-corrected chi connectivity index (χ0v) is 12.2. The molecule has 0 fully saturated rings. The van der Waals surface area contributed by atoms with Gasteiger partial charge in [-0.1, -0.05) is 0 Å². The van der Waals surface area contributed by atoms with E-state index in [1.165, 1.54) is 13.0 Å². The number of alkyl halides is 3. The summed E-state index contributed by atoms with van der Waals surface area (Å²) in [5, 5.41) is 0. The van der Waals surface area contributed by atoms with E-state index in [1.54, 1.807) is 19.9 Å². The molecule has 1 atom stereocenters. The first-order valence-electron chi connectivity index (χ1n) is 5.88. The van der Waals surface area contributed by atoms with E-state index >= 15 is 0 Å². The van der Waals surface area contributed by atoms with Gasteiger partial charge in [-0.3, -0.25) is 0 Å². The van der Waals surface area contributed by atoms with Gasteiger partial charge in [-0.2, -0.15) is 13.2 Å². The summed E-state index contributed by atoms with van der Waals surface area (Å²) in [4.78, 5) is -0.0935. The van der Waals surface area contributed by atoms with Gasteiger partial charge in [0.2, 0.25) is 10.0 Å². The first-order chi connectivity index (χ1) is 8.92. The Bertz CT molecular complexity index is 597. The third-order valence-electron chi connectivity index (χ3n) is 2.83. The minimum Gasteiger partial charge on any atom is -0.399 e. The van der Waals surface area contributed by atoms with Crippen LogP contribution in [-0.4, -0.2) is 20.6 Å². The summed E-state index contributed by atoms with van der Waals surface area (Å²) in [7, 11) is -4.04. The Morgan fingerprint density at radius 2 is 1.85 bits per heavy atom. The fourth-order valence-corrected chi connectivity index (χ4v) is 3.45. The number of nitrogens with two attached hydrogens (primary N) is 1. The molecule has 0 radical (unpaired) electrons. The highest BCUT2D eigenvalue weighted by molar-refractivity contribution is 7.89. The predicted molar refractivity (Wildman–Crippen MR) is 70.8 cm³/mol. The first-order valence-corrected chi connectivity index (χ1v) is 7.36. The molecule has 0 aromatic heterocycles. The van der Waals surface area contributed by atoms with Crippen molar-refractivity contribution in [2.75, 3.05) is 5.73 Å². The van der Waals surface area contributed by atoms with Gasteiger partial charge in [0.25, 0.3) is 0 Å². The second kappa shape index (κ2) is 5.61. The number of anilines is 1. The molecular formula is C12H17F3N2O2S. The molecule has 0 heterocycles. The molecule has 1 rings (SSSR count). The summed E-state index contributed by atoms with van der Waals surface area (Å²) in [6, 6.07) is 1.60. The van der Waals surface area contributed by atoms with Crippen molar-refractivity contribution in [3.05, 3.63) is 23.3 Å². The lowest BCUT2D eigenvalue weighted by Gasteiger charge is -2.18. The largest absolute Gasteiger partial charge is 0.399 e. The average Bonchev–Trinajstić information content (AvgIpc) is 2.19. The van der Waals surface area contributed by atoms with Crippen molar-refractivity contribution in [3.8, 4) is 0 Å². The molecular weight excluding hydrogens is 293 g/mol. The Labute approximate surface area is 116 Å². The molecule has 20 heavy (non-hydrogen) atoms. The number of sulfonamides is 1. The van der Waals surface area contributed by atoms with Crippen LogP contribution in [0.4, 0.5) is 18.9 Å². The Kier molecular flexibility index (Phi) is 4.70. The van der Waals surface area contributed by atoms with Crippen LogP contribution in [0.5, 0.6) is 0 Å². The van der Waals surface area contributed by atoms with Crippen LogP contribution in [0, 0.1) is 13.8 Å². The zero-order valence-electron chi connectivity index (χ0n) is 11.4. The van der Waals surface area contributed by atoms with E-state index in [2.05, 4.69) is 0 Å². The van der Waals surface area contributed by atoms with Gasteiger partial charge < -0.3 is 5.73 Å². The van der Waals surface area contributed by atoms with E-state index in [9.17, 15) is 21.6 Å². The molecule has 1 unspecified atom stereocenters. The van der Waals surface area contributed by atoms with Crippen molar-refractivity contribution in [3.63, 3.8) is 0 Å². The summed E-state index contributed by atoms with van der Waals surface area (Å²) in [5.74, 6) is 0. The average molecular weight is 310 g/mol. The highest BCUT2D eigenvalue weighted by Crippen LogP contribution is 2.25. The second-order valence-corrected chi connectivity index (χ2v) is 6.48. The van der Waals surface area contributed by atoms with Gasteiger partial charge in [-0.05, 0) is 44.0 Å². The third-order valence-corrected chi connectivity index (χ3v) is 4.54. The van der Waals surface area contributed by atoms with E-state index in [4.69, 9.17) is 5.73 Å². The normalized spacial score (nSPS) is 14.3. The summed E-state index contributed by atoms with van der Waals surface area (Å²) < 4.78 is 63.0. The molecule has 114 valence electrons. The minimum atomic E-state index is -4.43. The van der Waals surface area contributed by atoms with Crippen LogP contribution in [0.1, 0.15) is 24.5 Å². The standard InChI is InChI=1S/C12H17F3N2O2S/c1-7-4-10(16)5-11(9(7)3)20(18,19)17-8(2)6-12(13,14)15/h4-5,8,17H,6,16H2,1-3H3. The molecule has 0 aliphatic rings. The lowest BCUT2D eigenvalue weighted by molar-refractivity contribution is -0.137. The van der Waals surface area contributed by atoms with Crippen molar-refractivity contribution in [2.24, 2.45) is 0 Å². The number of aryl methyl sites for hydroxylation is 1. The van der Waals surface area contributed by atoms with E-state index in [0.717, 1.165) is 0 Å². The maximum atomic E-state index is 12.2. The van der Waals surface area contributed by atoms with Crippen LogP contribution >= 0.6 is 0 Å². The van der Waals surface area contributed by atoms with Crippen molar-refractivity contribution in [1.82, 2.24) is 4.72 Å². The van der Waals surface area contributed by atoms with Gasteiger partial charge in [0, 0.05) is 11.7 Å². The van der Waals surface area contributed by atoms with Crippen molar-refractivity contribution >= 4 is 15.7 Å². The van der Waals surface area contributed by atoms with Gasteiger partial charge in [0.1, 0.15) is 0 Å². The van der Waals surface area contributed by atoms with Gasteiger partial charge in [0.05, 0.1) is 11.3 Å². The van der Waals surface area contributed by atoms with Crippen LogP contribution in [-0.2, 0) is 10.0 Å². The Balaban J connectivity index is 3.06. The fraction of sp³-hybridized carbons (Fsp3) is 0.500. The van der Waals surface area contributed by atoms with Crippen LogP contribution in [0.2, 0.25) is 0 Å². The Morgan fingerprint density at radius 1 is 1.30 bits per heavy atom. The number of halogens is 3. The molecule has 3 N–H and O–H groups in total. The molecule has 0 bridgehead atoms. The van der Waals surface area contributed by atoms with Gasteiger partial charge in [-0.15, -0.1) is 0 Å². The van der Waals surface area contributed by atoms with Gasteiger partial charge in [-0.25, -0.2) is 13.1 Å². The predicted octanol–water partition coefficient (Wildman–Crippen LogP) is 2.50. The van der Waals surface area contributed by atoms with Crippen LogP contribution < -0.4 is 10.5 Å². The molecule has 0 aliphatic carbocycles. The lowest BCUT2D eigenvalue weighted by Crippen LogP contribution is -2.36. The topological polar surface area (TPSA) is 72.2 Å². The molecule has 0 spiro atoms. The van der Waals surface area contributed by atoms with E-state index in [1.807, 2.05) is 4.72 Å². The summed E-state index contributed by atoms with van der Waals surface area (Å²) in [5.41, 5.74) is 6.96. The summed E-state index contributed by atoms with van der Waals surface area (Å²) in [6.07, 6.45) is -5.66. The van der Waals surface area contributed by atoms with Crippen LogP contribution in [0.3, 0.4) is 0 Å². The zero-order chi connectivity index (χ0) is 15.7. The van der Waals surface area contributed by atoms with Gasteiger partial charge in [0.15, 0.2) is 0 Å². The molecule has 0 amide bonds. The lowest BCUT2D eigenvalue weighted by atomic mass is 10.1. The Morgan fingerprint density at radius 3 is 2.35 bits per heavy atom. The van der Waals surface area contributed by atoms with Crippen molar-refractivity contribution < 1.29 is 21.6 Å². The van der Waals surface area contributed by atoms with Crippen LogP contribution in [0.25, 0.3) is 0 Å². The highest BCUT2D eigenvalue weighted by atomic mass is 32.2. The molecule has 1 aromatic carbocycles. The summed E-state index contributed by atoms with van der Waals surface area (Å²) in [6.45, 7) is 4.43. The highest BCUT2D eigenvalue weighted by Gasteiger charge is 2.32. The number of nitrogens with one attached hydrogen (secondary N) is 1. The molecule has 0 aliphatic heterocycles. The number of hydrogen-bond acceptors (Lipinski definition) is 3. The maximum Gasteiger partial charge on any atom is 0.390 e. The van der Waals surface area contributed by atoms with E-state index in [-0.39, 0.29) is 10.6 Å². The third kappa shape index (κ3) is 4.38. The van der Waals surface area contributed by atoms with Crippen molar-refractivity contribution in [2.45, 2.75) is 44.3 Å². The molecule has 0 saturated carbocycles. The molecule has 1 aromatic rings. The number of benzene rings is 1. The monoisotopic (exact) mass is 310 g/mol. The number of rotatable bonds is 4. The van der Waals surface area contributed by atoms with Crippen LogP contribution in [0.15, 0.2) is 17.0 Å². The minimum absolute atomic E-state index is 0.0935. The fourth-order valence-electron chi connectivity index (χ4n) is 1.85. The van der Waals surface area contributed by atoms with Gasteiger partial charge >= 0.3 is 6.18 Å². The number of hydrogen-bond donors (Lipinski definition) is 2. The smallest absolute Gasteiger partial charge is 0.390 e. The SMILES string of the molecule is Cc1cc(N)cc(S(=O)(=O)NC(C)CC(F)(F)F)c1C. The maximum absolute atomic E-state index is 12.2. The Hall–Kier alpha value is -1.28. The molecule has 4 nitrogen and oxygen atoms in total. The number of nitrogen functional groups attached to an aromatic ring is 1. The van der Waals surface area contributed by atoms with E-state index < -0.39 is 28.7 Å².